The van der Waals surface area contributed by atoms with Crippen molar-refractivity contribution >= 4 is 11.9 Å². The van der Waals surface area contributed by atoms with Crippen LogP contribution in [-0.4, -0.2) is 33.4 Å². The summed E-state index contributed by atoms with van der Waals surface area (Å²) in [5, 5.41) is 31.6. The van der Waals surface area contributed by atoms with Crippen LogP contribution in [0, 0.1) is 50.2 Å². The number of hydrogen-bond acceptors (Lipinski definition) is 3. The van der Waals surface area contributed by atoms with E-state index in [9.17, 15) is 24.9 Å². The van der Waals surface area contributed by atoms with E-state index in [1.165, 1.54) is 5.57 Å². The molecule has 196 valence electrons. The summed E-state index contributed by atoms with van der Waals surface area (Å²) in [6.07, 6.45) is 9.97. The Bertz CT molecular complexity index is 983. The van der Waals surface area contributed by atoms with Gasteiger partial charge in [0.15, 0.2) is 0 Å². The van der Waals surface area contributed by atoms with Gasteiger partial charge in [0.2, 0.25) is 0 Å². The molecule has 0 saturated heterocycles. The fourth-order valence-electron chi connectivity index (χ4n) is 10.6. The lowest BCUT2D eigenvalue weighted by atomic mass is 9.33. The Labute approximate surface area is 210 Å². The lowest BCUT2D eigenvalue weighted by Crippen LogP contribution is -2.66. The van der Waals surface area contributed by atoms with Gasteiger partial charge in [-0.25, -0.2) is 0 Å². The molecule has 0 aromatic rings. The van der Waals surface area contributed by atoms with E-state index < -0.39 is 28.9 Å². The van der Waals surface area contributed by atoms with Crippen molar-refractivity contribution in [1.82, 2.24) is 0 Å². The number of rotatable bonds is 2. The molecule has 0 heterocycles. The zero-order chi connectivity index (χ0) is 25.8. The smallest absolute Gasteiger partial charge is 0.312 e. The maximum Gasteiger partial charge on any atom is 0.312 e. The van der Waals surface area contributed by atoms with Gasteiger partial charge in [0.25, 0.3) is 0 Å². The second kappa shape index (κ2) is 7.36. The molecule has 3 unspecified atom stereocenters. The number of carboxylic acids is 2. The van der Waals surface area contributed by atoms with Crippen LogP contribution < -0.4 is 0 Å². The first kappa shape index (κ1) is 25.3. The standard InChI is InChI=1S/C30H46O5/c1-25(2)13-15-30(24(34)35)16-14-27(4)18(19(30)17-25)7-8-20-26(3)11-10-22(31)29(6,23(32)33)21(26)9-12-28(20,27)5/h7,19-22,31H,8-17H2,1-6H3,(H,32,33)(H,34,35)/t19?,20?,21?,22-,26+,27+,28+,29-,30-/m0/s1. The molecule has 0 aliphatic heterocycles. The molecular weight excluding hydrogens is 440 g/mol. The second-order valence-corrected chi connectivity index (χ2v) is 14.8. The molecule has 4 saturated carbocycles. The van der Waals surface area contributed by atoms with Crippen LogP contribution in [0.5, 0.6) is 0 Å². The fraction of sp³-hybridized carbons (Fsp3) is 0.867. The Kier molecular flexibility index (Phi) is 5.32. The zero-order valence-electron chi connectivity index (χ0n) is 22.6. The molecule has 9 atom stereocenters. The van der Waals surface area contributed by atoms with Crippen LogP contribution in [0.15, 0.2) is 11.6 Å². The lowest BCUT2D eigenvalue weighted by Gasteiger charge is -2.70. The highest BCUT2D eigenvalue weighted by Crippen LogP contribution is 2.75. The number of carbonyl (C=O) groups is 2. The quantitative estimate of drug-likeness (QED) is 0.398. The molecular formula is C30H46O5. The maximum atomic E-state index is 12.8. The predicted octanol–water partition coefficient (Wildman–Crippen LogP) is 6.30. The molecule has 5 aliphatic carbocycles. The van der Waals surface area contributed by atoms with E-state index >= 15 is 0 Å². The fourth-order valence-corrected chi connectivity index (χ4v) is 10.6. The van der Waals surface area contributed by atoms with Gasteiger partial charge < -0.3 is 15.3 Å². The van der Waals surface area contributed by atoms with Crippen LogP contribution in [0.2, 0.25) is 0 Å². The number of allylic oxidation sites excluding steroid dienone is 2. The van der Waals surface area contributed by atoms with E-state index in [0.717, 1.165) is 57.8 Å². The number of aliphatic hydroxyl groups is 1. The molecule has 3 N–H and O–H groups in total. The van der Waals surface area contributed by atoms with Gasteiger partial charge in [-0.1, -0.05) is 46.3 Å². The number of fused-ring (bicyclic) bond motifs is 7. The largest absolute Gasteiger partial charge is 0.481 e. The van der Waals surface area contributed by atoms with Crippen molar-refractivity contribution < 1.29 is 24.9 Å². The van der Waals surface area contributed by atoms with Crippen molar-refractivity contribution in [3.8, 4) is 0 Å². The number of carboxylic acid groups (broad SMARTS) is 2. The molecule has 5 rings (SSSR count). The molecule has 0 amide bonds. The van der Waals surface area contributed by atoms with Crippen molar-refractivity contribution in [3.63, 3.8) is 0 Å². The van der Waals surface area contributed by atoms with E-state index in [1.807, 2.05) is 0 Å². The molecule has 5 nitrogen and oxygen atoms in total. The summed E-state index contributed by atoms with van der Waals surface area (Å²) >= 11 is 0. The summed E-state index contributed by atoms with van der Waals surface area (Å²) in [4.78, 5) is 25.3. The van der Waals surface area contributed by atoms with Gasteiger partial charge in [-0.3, -0.25) is 9.59 Å². The summed E-state index contributed by atoms with van der Waals surface area (Å²) < 4.78 is 0. The number of aliphatic hydroxyl groups excluding tert-OH is 1. The van der Waals surface area contributed by atoms with E-state index in [-0.39, 0.29) is 33.5 Å². The highest BCUT2D eigenvalue weighted by atomic mass is 16.4. The van der Waals surface area contributed by atoms with Crippen LogP contribution in [0.4, 0.5) is 0 Å². The lowest BCUT2D eigenvalue weighted by molar-refractivity contribution is -0.217. The molecule has 5 aliphatic rings. The van der Waals surface area contributed by atoms with Crippen LogP contribution in [0.1, 0.15) is 106 Å². The third-order valence-electron chi connectivity index (χ3n) is 13.2. The zero-order valence-corrected chi connectivity index (χ0v) is 22.6. The average Bonchev–Trinajstić information content (AvgIpc) is 2.76. The van der Waals surface area contributed by atoms with Crippen LogP contribution in [0.25, 0.3) is 0 Å². The van der Waals surface area contributed by atoms with Crippen LogP contribution in [0.3, 0.4) is 0 Å². The molecule has 5 heteroatoms. The Balaban J connectivity index is 1.60. The van der Waals surface area contributed by atoms with Gasteiger partial charge in [-0.15, -0.1) is 0 Å². The molecule has 0 spiro atoms. The summed E-state index contributed by atoms with van der Waals surface area (Å²) in [6.45, 7) is 13.5. The maximum absolute atomic E-state index is 12.8. The second-order valence-electron chi connectivity index (χ2n) is 14.8. The van der Waals surface area contributed by atoms with Crippen molar-refractivity contribution in [2.45, 2.75) is 112 Å². The number of aliphatic carboxylic acids is 2. The normalized spacial score (nSPS) is 52.7. The summed E-state index contributed by atoms with van der Waals surface area (Å²) in [5.74, 6) is -1.10. The molecule has 0 aromatic carbocycles. The minimum atomic E-state index is -1.11. The summed E-state index contributed by atoms with van der Waals surface area (Å²) in [6, 6.07) is 0. The van der Waals surface area contributed by atoms with Crippen molar-refractivity contribution in [2.24, 2.45) is 50.2 Å². The highest BCUT2D eigenvalue weighted by molar-refractivity contribution is 5.77. The van der Waals surface area contributed by atoms with Gasteiger partial charge in [-0.2, -0.15) is 0 Å². The third kappa shape index (κ3) is 2.97. The van der Waals surface area contributed by atoms with Crippen molar-refractivity contribution in [2.75, 3.05) is 0 Å². The highest BCUT2D eigenvalue weighted by Gasteiger charge is 2.70. The third-order valence-corrected chi connectivity index (χ3v) is 13.2. The van der Waals surface area contributed by atoms with E-state index in [4.69, 9.17) is 0 Å². The first-order chi connectivity index (χ1) is 16.1. The van der Waals surface area contributed by atoms with Gasteiger partial charge in [0.05, 0.1) is 16.9 Å². The minimum absolute atomic E-state index is 0.00368. The van der Waals surface area contributed by atoms with E-state index in [0.29, 0.717) is 12.3 Å². The summed E-state index contributed by atoms with van der Waals surface area (Å²) in [7, 11) is 0. The Morgan fingerprint density at radius 3 is 2.11 bits per heavy atom. The molecule has 0 bridgehead atoms. The number of hydrogen-bond donors (Lipinski definition) is 3. The minimum Gasteiger partial charge on any atom is -0.481 e. The first-order valence-electron chi connectivity index (χ1n) is 13.9. The molecule has 0 aromatic heterocycles. The van der Waals surface area contributed by atoms with Gasteiger partial charge >= 0.3 is 11.9 Å². The van der Waals surface area contributed by atoms with Crippen molar-refractivity contribution in [1.29, 1.82) is 0 Å². The Hall–Kier alpha value is -1.36. The Morgan fingerprint density at radius 2 is 1.49 bits per heavy atom. The Morgan fingerprint density at radius 1 is 0.829 bits per heavy atom. The van der Waals surface area contributed by atoms with E-state index in [1.54, 1.807) is 6.92 Å². The molecule has 0 radical (unpaired) electrons. The van der Waals surface area contributed by atoms with E-state index in [2.05, 4.69) is 40.7 Å². The molecule has 35 heavy (non-hydrogen) atoms. The predicted molar refractivity (Wildman–Crippen MR) is 135 cm³/mol. The van der Waals surface area contributed by atoms with Crippen molar-refractivity contribution in [3.05, 3.63) is 11.6 Å². The first-order valence-corrected chi connectivity index (χ1v) is 13.9. The van der Waals surface area contributed by atoms with Gasteiger partial charge in [-0.05, 0) is 111 Å². The summed E-state index contributed by atoms with van der Waals surface area (Å²) in [5.41, 5.74) is -0.437. The van der Waals surface area contributed by atoms with Crippen LogP contribution in [-0.2, 0) is 9.59 Å². The van der Waals surface area contributed by atoms with Crippen LogP contribution >= 0.6 is 0 Å². The SMILES string of the molecule is CC1(C)CC[C@]2(C(=O)O)CC[C@]3(C)C(=CCC4[C@@]5(C)CC[C@H](O)[C@@](C)(C(=O)O)C5CC[C@]43C)C2C1. The van der Waals surface area contributed by atoms with Gasteiger partial charge in [0, 0.05) is 0 Å². The van der Waals surface area contributed by atoms with Gasteiger partial charge in [0.1, 0.15) is 0 Å². The monoisotopic (exact) mass is 486 g/mol. The average molecular weight is 487 g/mol. The molecule has 4 fully saturated rings. The topological polar surface area (TPSA) is 94.8 Å².